The number of hydrogen-bond donors (Lipinski definition) is 0. The largest absolute Gasteiger partial charge is 0.493 e. The number of amides is 1. The van der Waals surface area contributed by atoms with Crippen LogP contribution in [0.1, 0.15) is 40.7 Å². The minimum absolute atomic E-state index is 0.00590. The average molecular weight is 367 g/mol. The van der Waals surface area contributed by atoms with Gasteiger partial charge in [0.05, 0.1) is 14.2 Å². The average Bonchev–Trinajstić information content (AvgIpc) is 2.70. The predicted octanol–water partition coefficient (Wildman–Crippen LogP) is 3.95. The molecule has 27 heavy (non-hydrogen) atoms. The Balaban J connectivity index is 1.67. The molecule has 0 spiro atoms. The van der Waals surface area contributed by atoms with Gasteiger partial charge in [0.1, 0.15) is 0 Å². The lowest BCUT2D eigenvalue weighted by molar-refractivity contribution is -0.118. The molecule has 5 heteroatoms. The number of ether oxygens (including phenoxy) is 2. The standard InChI is InChI=1S/C22H25NO4/c1-15-6-8-18-16(13-15)5-4-12-23(18)22(25)11-9-19(24)17-7-10-20(26-2)21(14-17)27-3/h6-8,10,13-14H,4-5,9,11-12H2,1-3H3. The summed E-state index contributed by atoms with van der Waals surface area (Å²) in [5.74, 6) is 0.999. The second-order valence-corrected chi connectivity index (χ2v) is 6.77. The summed E-state index contributed by atoms with van der Waals surface area (Å²) < 4.78 is 10.4. The Kier molecular flexibility index (Phi) is 5.79. The smallest absolute Gasteiger partial charge is 0.227 e. The van der Waals surface area contributed by atoms with Gasteiger partial charge in [-0.1, -0.05) is 17.7 Å². The first-order chi connectivity index (χ1) is 13.0. The molecule has 2 aromatic rings. The van der Waals surface area contributed by atoms with Crippen molar-refractivity contribution < 1.29 is 19.1 Å². The van der Waals surface area contributed by atoms with Crippen LogP contribution in [0.25, 0.3) is 0 Å². The number of carbonyl (C=O) groups excluding carboxylic acids is 2. The van der Waals surface area contributed by atoms with Crippen molar-refractivity contribution in [3.05, 3.63) is 53.1 Å². The molecular weight excluding hydrogens is 342 g/mol. The maximum absolute atomic E-state index is 12.7. The van der Waals surface area contributed by atoms with Gasteiger partial charge in [0.25, 0.3) is 0 Å². The van der Waals surface area contributed by atoms with Crippen LogP contribution in [0, 0.1) is 6.92 Å². The Labute approximate surface area is 159 Å². The van der Waals surface area contributed by atoms with Gasteiger partial charge in [0.2, 0.25) is 5.91 Å². The van der Waals surface area contributed by atoms with Crippen molar-refractivity contribution in [2.24, 2.45) is 0 Å². The van der Waals surface area contributed by atoms with Crippen molar-refractivity contribution in [2.75, 3.05) is 25.7 Å². The number of anilines is 1. The van der Waals surface area contributed by atoms with Gasteiger partial charge in [-0.15, -0.1) is 0 Å². The maximum atomic E-state index is 12.7. The zero-order valence-corrected chi connectivity index (χ0v) is 16.1. The van der Waals surface area contributed by atoms with Gasteiger partial charge in [-0.25, -0.2) is 0 Å². The first-order valence-corrected chi connectivity index (χ1v) is 9.18. The molecule has 0 radical (unpaired) electrons. The Morgan fingerprint density at radius 2 is 1.78 bits per heavy atom. The third-order valence-electron chi connectivity index (χ3n) is 4.93. The Morgan fingerprint density at radius 1 is 1.00 bits per heavy atom. The fourth-order valence-electron chi connectivity index (χ4n) is 3.49. The first-order valence-electron chi connectivity index (χ1n) is 9.18. The lowest BCUT2D eigenvalue weighted by atomic mass is 9.98. The zero-order valence-electron chi connectivity index (χ0n) is 16.1. The molecule has 142 valence electrons. The second kappa shape index (κ2) is 8.25. The van der Waals surface area contributed by atoms with Gasteiger partial charge in [-0.2, -0.15) is 0 Å². The molecule has 1 aliphatic heterocycles. The Hall–Kier alpha value is -2.82. The van der Waals surface area contributed by atoms with E-state index in [9.17, 15) is 9.59 Å². The highest BCUT2D eigenvalue weighted by Gasteiger charge is 2.23. The van der Waals surface area contributed by atoms with Gasteiger partial charge < -0.3 is 14.4 Å². The summed E-state index contributed by atoms with van der Waals surface area (Å²) in [4.78, 5) is 27.1. The van der Waals surface area contributed by atoms with Gasteiger partial charge in [0.15, 0.2) is 17.3 Å². The van der Waals surface area contributed by atoms with Crippen molar-refractivity contribution >= 4 is 17.4 Å². The van der Waals surface area contributed by atoms with Crippen LogP contribution in [0.2, 0.25) is 0 Å². The van der Waals surface area contributed by atoms with E-state index in [2.05, 4.69) is 13.0 Å². The molecule has 0 fully saturated rings. The van der Waals surface area contributed by atoms with E-state index in [1.54, 1.807) is 25.3 Å². The molecule has 0 aliphatic carbocycles. The number of aryl methyl sites for hydroxylation is 2. The number of benzene rings is 2. The minimum Gasteiger partial charge on any atom is -0.493 e. The highest BCUT2D eigenvalue weighted by molar-refractivity contribution is 6.01. The van der Waals surface area contributed by atoms with E-state index < -0.39 is 0 Å². The molecule has 0 saturated carbocycles. The minimum atomic E-state index is -0.0783. The number of Topliss-reactive ketones (excluding diaryl/α,β-unsaturated/α-hetero) is 1. The van der Waals surface area contributed by atoms with Crippen molar-refractivity contribution in [1.29, 1.82) is 0 Å². The summed E-state index contributed by atoms with van der Waals surface area (Å²) in [5.41, 5.74) is 3.91. The lowest BCUT2D eigenvalue weighted by Crippen LogP contribution is -2.35. The predicted molar refractivity (Wildman–Crippen MR) is 105 cm³/mol. The highest BCUT2D eigenvalue weighted by Crippen LogP contribution is 2.30. The van der Waals surface area contributed by atoms with E-state index in [0.29, 0.717) is 23.6 Å². The summed E-state index contributed by atoms with van der Waals surface area (Å²) in [5, 5.41) is 0. The van der Waals surface area contributed by atoms with Crippen molar-refractivity contribution in [1.82, 2.24) is 0 Å². The van der Waals surface area contributed by atoms with E-state index in [4.69, 9.17) is 9.47 Å². The lowest BCUT2D eigenvalue weighted by Gasteiger charge is -2.29. The second-order valence-electron chi connectivity index (χ2n) is 6.77. The molecular formula is C22H25NO4. The summed E-state index contributed by atoms with van der Waals surface area (Å²) in [6, 6.07) is 11.2. The molecule has 0 N–H and O–H groups in total. The molecule has 0 unspecified atom stereocenters. The van der Waals surface area contributed by atoms with Gasteiger partial charge in [0, 0.05) is 30.6 Å². The van der Waals surface area contributed by atoms with Gasteiger partial charge in [-0.3, -0.25) is 9.59 Å². The topological polar surface area (TPSA) is 55.8 Å². The summed E-state index contributed by atoms with van der Waals surface area (Å²) in [7, 11) is 3.08. The quantitative estimate of drug-likeness (QED) is 0.726. The molecule has 1 heterocycles. The Morgan fingerprint density at radius 3 is 2.52 bits per heavy atom. The van der Waals surface area contributed by atoms with Crippen LogP contribution in [0.4, 0.5) is 5.69 Å². The number of nitrogens with zero attached hydrogens (tertiary/aromatic N) is 1. The molecule has 0 saturated heterocycles. The molecule has 1 aliphatic rings. The van der Waals surface area contributed by atoms with Crippen LogP contribution in [-0.4, -0.2) is 32.5 Å². The van der Waals surface area contributed by atoms with E-state index in [1.807, 2.05) is 17.0 Å². The Bertz CT molecular complexity index is 859. The number of hydrogen-bond acceptors (Lipinski definition) is 4. The maximum Gasteiger partial charge on any atom is 0.227 e. The summed E-state index contributed by atoms with van der Waals surface area (Å²) in [6.45, 7) is 2.77. The van der Waals surface area contributed by atoms with Crippen LogP contribution in [0.3, 0.4) is 0 Å². The number of carbonyl (C=O) groups is 2. The van der Waals surface area contributed by atoms with Crippen molar-refractivity contribution in [3.8, 4) is 11.5 Å². The number of methoxy groups -OCH3 is 2. The van der Waals surface area contributed by atoms with Crippen LogP contribution < -0.4 is 14.4 Å². The van der Waals surface area contributed by atoms with Crippen LogP contribution >= 0.6 is 0 Å². The SMILES string of the molecule is COc1ccc(C(=O)CCC(=O)N2CCCc3cc(C)ccc32)cc1OC. The number of fused-ring (bicyclic) bond motifs is 1. The van der Waals surface area contributed by atoms with Crippen LogP contribution in [-0.2, 0) is 11.2 Å². The van der Waals surface area contributed by atoms with Crippen LogP contribution in [0.5, 0.6) is 11.5 Å². The van der Waals surface area contributed by atoms with E-state index >= 15 is 0 Å². The van der Waals surface area contributed by atoms with Crippen molar-refractivity contribution in [3.63, 3.8) is 0 Å². The fourth-order valence-corrected chi connectivity index (χ4v) is 3.49. The molecule has 3 rings (SSSR count). The summed E-state index contributed by atoms with van der Waals surface area (Å²) >= 11 is 0. The normalized spacial score (nSPS) is 13.1. The molecule has 2 aromatic carbocycles. The molecule has 5 nitrogen and oxygen atoms in total. The molecule has 1 amide bonds. The molecule has 0 bridgehead atoms. The highest BCUT2D eigenvalue weighted by atomic mass is 16.5. The fraction of sp³-hybridized carbons (Fsp3) is 0.364. The van der Waals surface area contributed by atoms with Gasteiger partial charge >= 0.3 is 0 Å². The number of rotatable bonds is 6. The third-order valence-corrected chi connectivity index (χ3v) is 4.93. The van der Waals surface area contributed by atoms with Crippen LogP contribution in [0.15, 0.2) is 36.4 Å². The molecule has 0 atom stereocenters. The first kappa shape index (κ1) is 19.0. The monoisotopic (exact) mass is 367 g/mol. The van der Waals surface area contributed by atoms with E-state index in [1.165, 1.54) is 18.2 Å². The summed E-state index contributed by atoms with van der Waals surface area (Å²) in [6.07, 6.45) is 2.31. The number of ketones is 1. The zero-order chi connectivity index (χ0) is 19.4. The van der Waals surface area contributed by atoms with Gasteiger partial charge in [-0.05, 0) is 49.6 Å². The van der Waals surface area contributed by atoms with Crippen molar-refractivity contribution in [2.45, 2.75) is 32.6 Å². The van der Waals surface area contributed by atoms with E-state index in [-0.39, 0.29) is 24.5 Å². The molecule has 0 aromatic heterocycles. The van der Waals surface area contributed by atoms with E-state index in [0.717, 1.165) is 18.5 Å². The third kappa shape index (κ3) is 4.13.